The van der Waals surface area contributed by atoms with Crippen molar-refractivity contribution < 1.29 is 4.79 Å². The fourth-order valence-corrected chi connectivity index (χ4v) is 1.68. The largest absolute Gasteiger partial charge is 0.350 e. The summed E-state index contributed by atoms with van der Waals surface area (Å²) in [5.74, 6) is -0.279. The molecule has 100 valence electrons. The molecule has 0 aliphatic heterocycles. The van der Waals surface area contributed by atoms with Gasteiger partial charge in [-0.25, -0.2) is 9.78 Å². The third kappa shape index (κ3) is 3.29. The van der Waals surface area contributed by atoms with E-state index in [1.165, 1.54) is 16.8 Å². The normalized spacial score (nSPS) is 9.75. The van der Waals surface area contributed by atoms with Crippen LogP contribution in [0, 0.1) is 11.3 Å². The highest BCUT2D eigenvalue weighted by atomic mass is 16.2. The number of benzene rings is 1. The topological polar surface area (TPSA) is 87.8 Å². The van der Waals surface area contributed by atoms with Crippen LogP contribution in [0.1, 0.15) is 15.9 Å². The van der Waals surface area contributed by atoms with Crippen molar-refractivity contribution in [2.75, 3.05) is 6.54 Å². The number of nitrogens with one attached hydrogen (secondary N) is 1. The van der Waals surface area contributed by atoms with E-state index in [-0.39, 0.29) is 11.6 Å². The van der Waals surface area contributed by atoms with E-state index < -0.39 is 0 Å². The van der Waals surface area contributed by atoms with Crippen LogP contribution < -0.4 is 11.0 Å². The van der Waals surface area contributed by atoms with Crippen LogP contribution in [-0.2, 0) is 6.54 Å². The van der Waals surface area contributed by atoms with E-state index in [4.69, 9.17) is 5.26 Å². The maximum Gasteiger partial charge on any atom is 0.347 e. The van der Waals surface area contributed by atoms with Gasteiger partial charge in [0, 0.05) is 31.0 Å². The summed E-state index contributed by atoms with van der Waals surface area (Å²) in [7, 11) is 0. The molecular formula is C14H12N4O2. The maximum absolute atomic E-state index is 11.9. The van der Waals surface area contributed by atoms with Crippen molar-refractivity contribution in [2.45, 2.75) is 6.54 Å². The summed E-state index contributed by atoms with van der Waals surface area (Å²) in [6.45, 7) is 0.650. The summed E-state index contributed by atoms with van der Waals surface area (Å²) in [5.41, 5.74) is 0.497. The van der Waals surface area contributed by atoms with Crippen LogP contribution >= 0.6 is 0 Å². The van der Waals surface area contributed by atoms with Crippen LogP contribution in [0.5, 0.6) is 0 Å². The second-order valence-electron chi connectivity index (χ2n) is 4.04. The molecule has 0 radical (unpaired) electrons. The number of nitriles is 1. The predicted molar refractivity (Wildman–Crippen MR) is 72.0 cm³/mol. The Balaban J connectivity index is 1.94. The van der Waals surface area contributed by atoms with E-state index in [0.717, 1.165) is 0 Å². The van der Waals surface area contributed by atoms with Crippen molar-refractivity contribution in [2.24, 2.45) is 0 Å². The lowest BCUT2D eigenvalue weighted by molar-refractivity contribution is 0.0952. The minimum atomic E-state index is -0.353. The summed E-state index contributed by atoms with van der Waals surface area (Å²) < 4.78 is 1.41. The molecule has 1 aromatic heterocycles. The summed E-state index contributed by atoms with van der Waals surface area (Å²) in [4.78, 5) is 26.8. The van der Waals surface area contributed by atoms with Crippen LogP contribution in [0.2, 0.25) is 0 Å². The van der Waals surface area contributed by atoms with Crippen LogP contribution in [-0.4, -0.2) is 22.0 Å². The van der Waals surface area contributed by atoms with Crippen LogP contribution in [0.4, 0.5) is 0 Å². The van der Waals surface area contributed by atoms with Gasteiger partial charge >= 0.3 is 5.69 Å². The molecule has 0 saturated carbocycles. The quantitative estimate of drug-likeness (QED) is 0.876. The number of aromatic nitrogens is 2. The smallest absolute Gasteiger partial charge is 0.347 e. The zero-order valence-corrected chi connectivity index (χ0v) is 10.6. The average Bonchev–Trinajstić information content (AvgIpc) is 2.49. The molecule has 0 atom stereocenters. The van der Waals surface area contributed by atoms with Crippen LogP contribution in [0.25, 0.3) is 0 Å². The van der Waals surface area contributed by atoms with E-state index >= 15 is 0 Å². The molecule has 2 rings (SSSR count). The van der Waals surface area contributed by atoms with Crippen molar-refractivity contribution >= 4 is 5.91 Å². The lowest BCUT2D eigenvalue weighted by atomic mass is 10.1. The molecule has 0 bridgehead atoms. The lowest BCUT2D eigenvalue weighted by Crippen LogP contribution is -2.31. The van der Waals surface area contributed by atoms with Crippen molar-refractivity contribution in [1.29, 1.82) is 5.26 Å². The summed E-state index contributed by atoms with van der Waals surface area (Å²) in [6, 6.07) is 10.1. The fourth-order valence-electron chi connectivity index (χ4n) is 1.68. The predicted octanol–water partition coefficient (Wildman–Crippen LogP) is 0.545. The zero-order valence-electron chi connectivity index (χ0n) is 10.6. The SMILES string of the molecule is N#Cc1cccc(C(=O)NCCn2cccnc2=O)c1. The Morgan fingerprint density at radius 2 is 2.25 bits per heavy atom. The Labute approximate surface area is 115 Å². The number of carbonyl (C=O) groups is 1. The lowest BCUT2D eigenvalue weighted by Gasteiger charge is -2.07. The molecule has 1 heterocycles. The zero-order chi connectivity index (χ0) is 14.4. The molecule has 20 heavy (non-hydrogen) atoms. The van der Waals surface area contributed by atoms with Crippen molar-refractivity contribution in [1.82, 2.24) is 14.9 Å². The third-order valence-electron chi connectivity index (χ3n) is 2.67. The Hall–Kier alpha value is -2.94. The van der Waals surface area contributed by atoms with E-state index in [1.54, 1.807) is 30.5 Å². The van der Waals surface area contributed by atoms with E-state index in [2.05, 4.69) is 10.3 Å². The van der Waals surface area contributed by atoms with Crippen LogP contribution in [0.3, 0.4) is 0 Å². The molecule has 0 aliphatic carbocycles. The van der Waals surface area contributed by atoms with Crippen molar-refractivity contribution in [3.8, 4) is 6.07 Å². The van der Waals surface area contributed by atoms with Crippen LogP contribution in [0.15, 0.2) is 47.5 Å². The van der Waals surface area contributed by atoms with Crippen molar-refractivity contribution in [3.05, 3.63) is 64.3 Å². The molecular weight excluding hydrogens is 256 g/mol. The van der Waals surface area contributed by atoms with Gasteiger partial charge in [-0.2, -0.15) is 5.26 Å². The first kappa shape index (κ1) is 13.5. The summed E-state index contributed by atoms with van der Waals surface area (Å²) in [6.07, 6.45) is 3.03. The Bertz CT molecular complexity index is 715. The first-order valence-corrected chi connectivity index (χ1v) is 6.00. The first-order valence-electron chi connectivity index (χ1n) is 6.00. The van der Waals surface area contributed by atoms with Gasteiger partial charge in [-0.05, 0) is 24.3 Å². The molecule has 2 aromatic rings. The second-order valence-corrected chi connectivity index (χ2v) is 4.04. The molecule has 6 nitrogen and oxygen atoms in total. The molecule has 0 spiro atoms. The minimum absolute atomic E-state index is 0.279. The number of rotatable bonds is 4. The molecule has 1 aromatic carbocycles. The molecule has 0 unspecified atom stereocenters. The molecule has 6 heteroatoms. The van der Waals surface area contributed by atoms with Gasteiger partial charge in [0.2, 0.25) is 0 Å². The minimum Gasteiger partial charge on any atom is -0.350 e. The Kier molecular flexibility index (Phi) is 4.24. The number of hydrogen-bond acceptors (Lipinski definition) is 4. The van der Waals surface area contributed by atoms with Gasteiger partial charge in [0.1, 0.15) is 0 Å². The highest BCUT2D eigenvalue weighted by Gasteiger charge is 2.05. The van der Waals surface area contributed by atoms with Gasteiger partial charge in [-0.15, -0.1) is 0 Å². The fraction of sp³-hybridized carbons (Fsp3) is 0.143. The summed E-state index contributed by atoms with van der Waals surface area (Å²) in [5, 5.41) is 11.5. The number of hydrogen-bond donors (Lipinski definition) is 1. The molecule has 0 saturated heterocycles. The highest BCUT2D eigenvalue weighted by Crippen LogP contribution is 2.03. The monoisotopic (exact) mass is 268 g/mol. The number of nitrogens with zero attached hydrogens (tertiary/aromatic N) is 3. The molecule has 0 aliphatic rings. The second kappa shape index (κ2) is 6.29. The Morgan fingerprint density at radius 3 is 3.00 bits per heavy atom. The van der Waals surface area contributed by atoms with E-state index in [9.17, 15) is 9.59 Å². The maximum atomic E-state index is 11.9. The number of carbonyl (C=O) groups excluding carboxylic acids is 1. The van der Waals surface area contributed by atoms with Gasteiger partial charge in [-0.1, -0.05) is 6.07 Å². The molecule has 0 fully saturated rings. The third-order valence-corrected chi connectivity index (χ3v) is 2.67. The average molecular weight is 268 g/mol. The van der Waals surface area contributed by atoms with Gasteiger partial charge in [0.05, 0.1) is 11.6 Å². The van der Waals surface area contributed by atoms with Gasteiger partial charge in [-0.3, -0.25) is 9.36 Å². The molecule has 1 amide bonds. The standard InChI is InChI=1S/C14H12N4O2/c15-10-11-3-1-4-12(9-11)13(19)16-6-8-18-7-2-5-17-14(18)20/h1-5,7,9H,6,8H2,(H,16,19). The van der Waals surface area contributed by atoms with E-state index in [0.29, 0.717) is 24.2 Å². The molecule has 1 N–H and O–H groups in total. The van der Waals surface area contributed by atoms with Gasteiger partial charge in [0.15, 0.2) is 0 Å². The van der Waals surface area contributed by atoms with Crippen molar-refractivity contribution in [3.63, 3.8) is 0 Å². The Morgan fingerprint density at radius 1 is 1.40 bits per heavy atom. The van der Waals surface area contributed by atoms with E-state index in [1.807, 2.05) is 6.07 Å². The highest BCUT2D eigenvalue weighted by molar-refractivity contribution is 5.94. The van der Waals surface area contributed by atoms with Gasteiger partial charge < -0.3 is 5.32 Å². The number of amides is 1. The summed E-state index contributed by atoms with van der Waals surface area (Å²) >= 11 is 0. The van der Waals surface area contributed by atoms with Gasteiger partial charge in [0.25, 0.3) is 5.91 Å². The first-order chi connectivity index (χ1) is 9.70.